The molecule has 5 N–H and O–H groups in total. The molecule has 1 rings (SSSR count). The molecule has 0 aromatic heterocycles. The van der Waals surface area contributed by atoms with Crippen LogP contribution >= 0.6 is 0 Å². The minimum absolute atomic E-state index is 0.0188. The molecule has 1 fully saturated rings. The third-order valence-electron chi connectivity index (χ3n) is 4.90. The Morgan fingerprint density at radius 1 is 1.04 bits per heavy atom. The van der Waals surface area contributed by atoms with E-state index in [1.54, 1.807) is 0 Å². The monoisotopic (exact) mass is 369 g/mol. The molecule has 0 aliphatic carbocycles. The number of hydrogen-bond acceptors (Lipinski definition) is 7. The number of ether oxygens (including phenoxy) is 1. The van der Waals surface area contributed by atoms with Gasteiger partial charge in [-0.15, -0.1) is 0 Å². The molecule has 0 saturated carbocycles. The first-order valence-corrected chi connectivity index (χ1v) is 9.90. The minimum atomic E-state index is -1.44. The Hall–Kier alpha value is -1.31. The van der Waals surface area contributed by atoms with E-state index in [0.29, 0.717) is 32.2 Å². The van der Waals surface area contributed by atoms with Crippen LogP contribution in [0.5, 0.6) is 0 Å². The van der Waals surface area contributed by atoms with Crippen molar-refractivity contribution in [2.24, 2.45) is 11.5 Å². The number of unbranched alkanes of at least 4 members (excludes halogenated alkanes) is 2. The first-order valence-electron chi connectivity index (χ1n) is 9.90. The van der Waals surface area contributed by atoms with Gasteiger partial charge in [-0.05, 0) is 32.2 Å². The van der Waals surface area contributed by atoms with Crippen molar-refractivity contribution in [3.05, 3.63) is 0 Å². The third kappa shape index (κ3) is 6.78. The molecule has 26 heavy (non-hydrogen) atoms. The largest absolute Gasteiger partial charge is 0.391 e. The highest BCUT2D eigenvalue weighted by molar-refractivity contribution is 6.11. The second kappa shape index (κ2) is 11.4. The number of nitrogens with one attached hydrogen (secondary N) is 1. The highest BCUT2D eigenvalue weighted by Gasteiger charge is 2.49. The third-order valence-corrected chi connectivity index (χ3v) is 4.90. The van der Waals surface area contributed by atoms with Gasteiger partial charge < -0.3 is 16.2 Å². The average molecular weight is 370 g/mol. The molecule has 0 aromatic rings. The van der Waals surface area contributed by atoms with Crippen LogP contribution in [0.2, 0.25) is 0 Å². The van der Waals surface area contributed by atoms with Gasteiger partial charge in [0.05, 0.1) is 6.42 Å². The van der Waals surface area contributed by atoms with Gasteiger partial charge in [-0.3, -0.25) is 14.9 Å². The molecule has 1 aliphatic rings. The van der Waals surface area contributed by atoms with E-state index in [4.69, 9.17) is 16.2 Å². The maximum Gasteiger partial charge on any atom is 0.341 e. The SMILES string of the molecule is CCCCCC(N)CC(=O)OC(=O)[C@]1(C(=O)CC(N)CCC)CCCN1. The molecule has 1 saturated heterocycles. The first-order chi connectivity index (χ1) is 12.4. The molecule has 0 bridgehead atoms. The summed E-state index contributed by atoms with van der Waals surface area (Å²) in [5.74, 6) is -1.77. The van der Waals surface area contributed by atoms with E-state index >= 15 is 0 Å². The molecule has 1 aliphatic heterocycles. The van der Waals surface area contributed by atoms with Crippen LogP contribution in [-0.2, 0) is 19.1 Å². The van der Waals surface area contributed by atoms with Crippen molar-refractivity contribution in [3.63, 3.8) is 0 Å². The van der Waals surface area contributed by atoms with Crippen molar-refractivity contribution in [3.8, 4) is 0 Å². The number of nitrogens with two attached hydrogens (primary N) is 2. The molecule has 0 amide bonds. The maximum absolute atomic E-state index is 12.7. The van der Waals surface area contributed by atoms with E-state index in [9.17, 15) is 14.4 Å². The van der Waals surface area contributed by atoms with E-state index < -0.39 is 17.5 Å². The molecule has 7 heteroatoms. The number of Topliss-reactive ketones (excluding diaryl/α,β-unsaturated/α-hetero) is 1. The van der Waals surface area contributed by atoms with E-state index in [1.807, 2.05) is 6.92 Å². The zero-order valence-electron chi connectivity index (χ0n) is 16.2. The van der Waals surface area contributed by atoms with Crippen molar-refractivity contribution >= 4 is 17.7 Å². The van der Waals surface area contributed by atoms with Crippen LogP contribution in [0, 0.1) is 0 Å². The van der Waals surface area contributed by atoms with Gasteiger partial charge in [0.15, 0.2) is 11.3 Å². The molecule has 3 atom stereocenters. The molecule has 0 aromatic carbocycles. The summed E-state index contributed by atoms with van der Waals surface area (Å²) in [5.41, 5.74) is 10.4. The van der Waals surface area contributed by atoms with Gasteiger partial charge in [0.2, 0.25) is 0 Å². The highest BCUT2D eigenvalue weighted by Crippen LogP contribution is 2.25. The summed E-state index contributed by atoms with van der Waals surface area (Å²) >= 11 is 0. The lowest BCUT2D eigenvalue weighted by molar-refractivity contribution is -0.165. The van der Waals surface area contributed by atoms with Crippen LogP contribution in [0.15, 0.2) is 0 Å². The molecular weight excluding hydrogens is 334 g/mol. The number of hydrogen-bond donors (Lipinski definition) is 3. The molecule has 0 radical (unpaired) electrons. The second-order valence-corrected chi connectivity index (χ2v) is 7.33. The molecule has 2 unspecified atom stereocenters. The Kier molecular flexibility index (Phi) is 9.98. The van der Waals surface area contributed by atoms with Crippen LogP contribution in [0.1, 0.15) is 78.1 Å². The normalized spacial score (nSPS) is 22.0. The van der Waals surface area contributed by atoms with Crippen LogP contribution in [0.4, 0.5) is 0 Å². The number of esters is 2. The molecular formula is C19H35N3O4. The standard InChI is InChI=1S/C19H35N3O4/c1-3-5-6-9-15(21)13-17(24)26-18(25)19(10-7-11-22-19)16(23)12-14(20)8-4-2/h14-15,22H,3-13,20-21H2,1-2H3/t14?,15?,19-/m1/s1. The summed E-state index contributed by atoms with van der Waals surface area (Å²) in [5, 5.41) is 2.95. The Morgan fingerprint density at radius 2 is 1.73 bits per heavy atom. The Balaban J connectivity index is 2.62. The van der Waals surface area contributed by atoms with Crippen molar-refractivity contribution in [2.45, 2.75) is 95.7 Å². The highest BCUT2D eigenvalue weighted by atomic mass is 16.6. The Bertz CT molecular complexity index is 475. The van der Waals surface area contributed by atoms with Crippen molar-refractivity contribution in [1.82, 2.24) is 5.32 Å². The maximum atomic E-state index is 12.7. The second-order valence-electron chi connectivity index (χ2n) is 7.33. The fourth-order valence-electron chi connectivity index (χ4n) is 3.36. The van der Waals surface area contributed by atoms with Gasteiger partial charge >= 0.3 is 11.9 Å². The summed E-state index contributed by atoms with van der Waals surface area (Å²) < 4.78 is 5.00. The fourth-order valence-corrected chi connectivity index (χ4v) is 3.36. The zero-order valence-corrected chi connectivity index (χ0v) is 16.2. The summed E-state index contributed by atoms with van der Waals surface area (Å²) in [4.78, 5) is 37.3. The van der Waals surface area contributed by atoms with Crippen LogP contribution < -0.4 is 16.8 Å². The van der Waals surface area contributed by atoms with Gasteiger partial charge in [0.25, 0.3) is 0 Å². The van der Waals surface area contributed by atoms with Crippen molar-refractivity contribution in [1.29, 1.82) is 0 Å². The van der Waals surface area contributed by atoms with E-state index in [-0.39, 0.29) is 30.7 Å². The molecule has 0 spiro atoms. The van der Waals surface area contributed by atoms with E-state index in [1.165, 1.54) is 0 Å². The summed E-state index contributed by atoms with van der Waals surface area (Å²) in [6.07, 6.45) is 6.46. The van der Waals surface area contributed by atoms with Gasteiger partial charge in [0, 0.05) is 18.5 Å². The molecule has 1 heterocycles. The molecule has 7 nitrogen and oxygen atoms in total. The lowest BCUT2D eigenvalue weighted by Crippen LogP contribution is -2.56. The minimum Gasteiger partial charge on any atom is -0.391 e. The first kappa shape index (κ1) is 22.7. The zero-order chi connectivity index (χ0) is 19.6. The number of rotatable bonds is 12. The van der Waals surface area contributed by atoms with E-state index in [0.717, 1.165) is 25.7 Å². The quantitative estimate of drug-likeness (QED) is 0.271. The number of ketones is 1. The van der Waals surface area contributed by atoms with Crippen LogP contribution in [-0.4, -0.2) is 41.9 Å². The van der Waals surface area contributed by atoms with Gasteiger partial charge in [-0.1, -0.05) is 39.5 Å². The topological polar surface area (TPSA) is 125 Å². The van der Waals surface area contributed by atoms with Gasteiger partial charge in [-0.2, -0.15) is 0 Å². The Labute approximate surface area is 156 Å². The van der Waals surface area contributed by atoms with Gasteiger partial charge in [-0.25, -0.2) is 4.79 Å². The van der Waals surface area contributed by atoms with Crippen LogP contribution in [0.3, 0.4) is 0 Å². The number of carbonyl (C=O) groups excluding carboxylic acids is 3. The molecule has 150 valence electrons. The Morgan fingerprint density at radius 3 is 2.31 bits per heavy atom. The van der Waals surface area contributed by atoms with Crippen LogP contribution in [0.25, 0.3) is 0 Å². The average Bonchev–Trinajstić information content (AvgIpc) is 3.06. The van der Waals surface area contributed by atoms with Crippen molar-refractivity contribution in [2.75, 3.05) is 6.54 Å². The number of carbonyl (C=O) groups is 3. The van der Waals surface area contributed by atoms with Crippen molar-refractivity contribution < 1.29 is 19.1 Å². The smallest absolute Gasteiger partial charge is 0.341 e. The summed E-state index contributed by atoms with van der Waals surface area (Å²) in [7, 11) is 0. The fraction of sp³-hybridized carbons (Fsp3) is 0.842. The summed E-state index contributed by atoms with van der Waals surface area (Å²) in [6, 6.07) is -0.620. The lowest BCUT2D eigenvalue weighted by atomic mass is 9.87. The van der Waals surface area contributed by atoms with E-state index in [2.05, 4.69) is 12.2 Å². The van der Waals surface area contributed by atoms with Gasteiger partial charge in [0.1, 0.15) is 0 Å². The summed E-state index contributed by atoms with van der Waals surface area (Å²) in [6.45, 7) is 4.62. The predicted octanol–water partition coefficient (Wildman–Crippen LogP) is 1.56. The lowest BCUT2D eigenvalue weighted by Gasteiger charge is -2.26. The predicted molar refractivity (Wildman–Crippen MR) is 100 cm³/mol.